The summed E-state index contributed by atoms with van der Waals surface area (Å²) in [7, 11) is -1.11. The number of aryl methyl sites for hydroxylation is 2. The summed E-state index contributed by atoms with van der Waals surface area (Å²) in [6, 6.07) is 8.79. The number of hydrogen-bond donors (Lipinski definition) is 0. The molecule has 0 bridgehead atoms. The Morgan fingerprint density at radius 1 is 1.07 bits per heavy atom. The van der Waals surface area contributed by atoms with Gasteiger partial charge in [0.2, 0.25) is 0 Å². The van der Waals surface area contributed by atoms with Gasteiger partial charge in [0, 0.05) is 36.8 Å². The topological polar surface area (TPSA) is 27.1 Å². The van der Waals surface area contributed by atoms with Gasteiger partial charge in [-0.05, 0) is 64.6 Å². The van der Waals surface area contributed by atoms with Gasteiger partial charge in [0.25, 0.3) is 0 Å². The molecule has 7 heteroatoms. The van der Waals surface area contributed by atoms with Crippen molar-refractivity contribution in [2.24, 2.45) is 0 Å². The highest BCUT2D eigenvalue weighted by Crippen LogP contribution is 2.24. The Morgan fingerprint density at radius 3 is 2.46 bits per heavy atom. The number of ether oxygens (including phenoxy) is 1. The van der Waals surface area contributed by atoms with Crippen molar-refractivity contribution in [1.82, 2.24) is 9.55 Å². The van der Waals surface area contributed by atoms with Crippen LogP contribution in [-0.4, -0.2) is 24.2 Å². The third kappa shape index (κ3) is 5.72. The molecule has 0 atom stereocenters. The predicted octanol–water partition coefficient (Wildman–Crippen LogP) is 6.17. The van der Waals surface area contributed by atoms with Gasteiger partial charge in [0.1, 0.15) is 24.0 Å². The second kappa shape index (κ2) is 8.84. The minimum absolute atomic E-state index is 0.469. The smallest absolute Gasteiger partial charge is 0.142 e. The van der Waals surface area contributed by atoms with E-state index in [2.05, 4.69) is 35.6 Å². The normalized spacial score (nSPS) is 12.1. The molecule has 0 aliphatic carbocycles. The Morgan fingerprint density at radius 2 is 1.79 bits per heavy atom. The maximum Gasteiger partial charge on any atom is 0.142 e. The van der Waals surface area contributed by atoms with Crippen molar-refractivity contribution in [2.45, 2.75) is 45.3 Å². The van der Waals surface area contributed by atoms with Gasteiger partial charge in [-0.1, -0.05) is 19.6 Å². The average molecular weight is 467 g/mol. The first-order valence-electron chi connectivity index (χ1n) is 9.38. The lowest BCUT2D eigenvalue weighted by Crippen LogP contribution is -2.22. The van der Waals surface area contributed by atoms with Crippen molar-refractivity contribution in [3.8, 4) is 0 Å². The van der Waals surface area contributed by atoms with Crippen LogP contribution in [0.15, 0.2) is 41.0 Å². The number of aromatic nitrogens is 2. The zero-order chi connectivity index (χ0) is 20.3. The van der Waals surface area contributed by atoms with Crippen molar-refractivity contribution in [2.75, 3.05) is 6.61 Å². The molecular weight excluding hydrogens is 442 g/mol. The van der Waals surface area contributed by atoms with Crippen LogP contribution in [0.4, 0.5) is 8.78 Å². The summed E-state index contributed by atoms with van der Waals surface area (Å²) in [5, 5.41) is 1.03. The first kappa shape index (κ1) is 21.1. The molecule has 0 aliphatic rings. The van der Waals surface area contributed by atoms with Crippen LogP contribution >= 0.6 is 15.9 Å². The maximum absolute atomic E-state index is 13.4. The van der Waals surface area contributed by atoms with Crippen molar-refractivity contribution < 1.29 is 13.5 Å². The van der Waals surface area contributed by atoms with E-state index in [9.17, 15) is 8.78 Å². The number of fused-ring (bicyclic) bond motifs is 1. The van der Waals surface area contributed by atoms with Crippen LogP contribution < -0.4 is 0 Å². The molecule has 0 saturated heterocycles. The minimum atomic E-state index is -1.11. The molecule has 1 aromatic carbocycles. The van der Waals surface area contributed by atoms with Gasteiger partial charge in [-0.15, -0.1) is 0 Å². The highest BCUT2D eigenvalue weighted by atomic mass is 79.9. The zero-order valence-corrected chi connectivity index (χ0v) is 19.0. The van der Waals surface area contributed by atoms with Crippen molar-refractivity contribution >= 4 is 35.0 Å². The second-order valence-corrected chi connectivity index (χ2v) is 14.7. The van der Waals surface area contributed by atoms with E-state index in [4.69, 9.17) is 9.72 Å². The highest BCUT2D eigenvalue weighted by Gasteiger charge is 2.13. The molecule has 0 amide bonds. The Labute approximate surface area is 173 Å². The molecule has 28 heavy (non-hydrogen) atoms. The molecule has 0 saturated carbocycles. The number of pyridine rings is 1. The number of rotatable bonds is 8. The molecule has 0 unspecified atom stereocenters. The van der Waals surface area contributed by atoms with E-state index in [1.54, 1.807) is 0 Å². The van der Waals surface area contributed by atoms with E-state index in [0.717, 1.165) is 39.9 Å². The molecule has 3 rings (SSSR count). The molecule has 0 radical (unpaired) electrons. The molecule has 3 nitrogen and oxygen atoms in total. The van der Waals surface area contributed by atoms with Crippen LogP contribution in [0.5, 0.6) is 0 Å². The Kier molecular flexibility index (Phi) is 6.68. The number of halogens is 3. The molecule has 0 spiro atoms. The van der Waals surface area contributed by atoms with Gasteiger partial charge in [-0.2, -0.15) is 0 Å². The standard InChI is InChI=1S/C21H25BrF2N2OSi/c1-28(2,3)9-8-27-14-26-7-6-16-12-19(22)20(25-21(16)26)5-4-15-10-17(23)13-18(24)11-15/h6-7,10-13H,4-5,8-9,14H2,1-3H3. The summed E-state index contributed by atoms with van der Waals surface area (Å²) in [5.41, 5.74) is 2.34. The lowest BCUT2D eigenvalue weighted by Gasteiger charge is -2.15. The van der Waals surface area contributed by atoms with Crippen LogP contribution in [-0.2, 0) is 24.3 Å². The molecule has 2 heterocycles. The van der Waals surface area contributed by atoms with E-state index in [1.807, 2.05) is 22.9 Å². The van der Waals surface area contributed by atoms with Crippen LogP contribution in [0, 0.1) is 11.6 Å². The van der Waals surface area contributed by atoms with E-state index < -0.39 is 19.7 Å². The fourth-order valence-corrected chi connectivity index (χ4v) is 4.25. The van der Waals surface area contributed by atoms with Gasteiger partial charge in [0.05, 0.1) is 5.69 Å². The lowest BCUT2D eigenvalue weighted by molar-refractivity contribution is 0.0898. The number of hydrogen-bond acceptors (Lipinski definition) is 2. The largest absolute Gasteiger partial charge is 0.361 e. The molecule has 0 N–H and O–H groups in total. The highest BCUT2D eigenvalue weighted by molar-refractivity contribution is 9.10. The summed E-state index contributed by atoms with van der Waals surface area (Å²) in [5.74, 6) is -1.11. The Balaban J connectivity index is 1.71. The average Bonchev–Trinajstić information content (AvgIpc) is 2.96. The van der Waals surface area contributed by atoms with Crippen LogP contribution in [0.3, 0.4) is 0 Å². The summed E-state index contributed by atoms with van der Waals surface area (Å²) < 4.78 is 35.5. The first-order valence-corrected chi connectivity index (χ1v) is 13.9. The van der Waals surface area contributed by atoms with E-state index in [0.29, 0.717) is 25.1 Å². The zero-order valence-electron chi connectivity index (χ0n) is 16.4. The van der Waals surface area contributed by atoms with Gasteiger partial charge < -0.3 is 9.30 Å². The number of nitrogens with zero attached hydrogens (tertiary/aromatic N) is 2. The molecular formula is C21H25BrF2N2OSi. The van der Waals surface area contributed by atoms with Gasteiger partial charge >= 0.3 is 0 Å². The van der Waals surface area contributed by atoms with Crippen molar-refractivity contribution in [1.29, 1.82) is 0 Å². The van der Waals surface area contributed by atoms with Gasteiger partial charge in [-0.25, -0.2) is 13.8 Å². The second-order valence-electron chi connectivity index (χ2n) is 8.24. The minimum Gasteiger partial charge on any atom is -0.361 e. The van der Waals surface area contributed by atoms with E-state index in [1.165, 1.54) is 12.1 Å². The Hall–Kier alpha value is -1.57. The van der Waals surface area contributed by atoms with Crippen LogP contribution in [0.25, 0.3) is 11.0 Å². The van der Waals surface area contributed by atoms with E-state index in [-0.39, 0.29) is 0 Å². The molecule has 150 valence electrons. The molecule has 0 fully saturated rings. The fraction of sp³-hybridized carbons (Fsp3) is 0.381. The van der Waals surface area contributed by atoms with Gasteiger partial charge in [-0.3, -0.25) is 0 Å². The summed E-state index contributed by atoms with van der Waals surface area (Å²) in [6.45, 7) is 8.22. The Bertz CT molecular complexity index is 949. The summed E-state index contributed by atoms with van der Waals surface area (Å²) in [4.78, 5) is 4.78. The van der Waals surface area contributed by atoms with E-state index >= 15 is 0 Å². The van der Waals surface area contributed by atoms with Gasteiger partial charge in [0.15, 0.2) is 0 Å². The molecule has 2 aromatic heterocycles. The fourth-order valence-electron chi connectivity index (χ4n) is 2.96. The maximum atomic E-state index is 13.4. The quantitative estimate of drug-likeness (QED) is 0.293. The van der Waals surface area contributed by atoms with Crippen LogP contribution in [0.1, 0.15) is 11.3 Å². The third-order valence-electron chi connectivity index (χ3n) is 4.56. The molecule has 3 aromatic rings. The molecule has 0 aliphatic heterocycles. The first-order chi connectivity index (χ1) is 13.2. The van der Waals surface area contributed by atoms with Crippen LogP contribution in [0.2, 0.25) is 25.7 Å². The third-order valence-corrected chi connectivity index (χ3v) is 6.95. The SMILES string of the molecule is C[Si](C)(C)CCOCn1ccc2cc(Br)c(CCc3cc(F)cc(F)c3)nc21. The lowest BCUT2D eigenvalue weighted by atomic mass is 10.1. The predicted molar refractivity (Wildman–Crippen MR) is 115 cm³/mol. The number of benzene rings is 1. The van der Waals surface area contributed by atoms with Crippen molar-refractivity contribution in [3.63, 3.8) is 0 Å². The monoisotopic (exact) mass is 466 g/mol. The summed E-state index contributed by atoms with van der Waals surface area (Å²) >= 11 is 3.57. The summed E-state index contributed by atoms with van der Waals surface area (Å²) in [6.07, 6.45) is 3.07. The van der Waals surface area contributed by atoms with Crippen molar-refractivity contribution in [3.05, 3.63) is 63.9 Å².